The number of carbonyl (C=O) groups excluding carboxylic acids is 1. The molecule has 1 heterocycles. The number of hydrazone groups is 1. The minimum Gasteiger partial charge on any atom is -0.364 e. The Balaban J connectivity index is 2.57. The molecular weight excluding hydrogens is 118 g/mol. The molecule has 0 aliphatic carbocycles. The van der Waals surface area contributed by atoms with Gasteiger partial charge in [-0.3, -0.25) is 4.79 Å². The van der Waals surface area contributed by atoms with Crippen LogP contribution in [0.15, 0.2) is 5.10 Å². The van der Waals surface area contributed by atoms with Gasteiger partial charge in [-0.1, -0.05) is 0 Å². The summed E-state index contributed by atoms with van der Waals surface area (Å²) in [6.07, 6.45) is 1.66. The van der Waals surface area contributed by atoms with Crippen LogP contribution in [0.3, 0.4) is 0 Å². The second-order valence-electron chi connectivity index (χ2n) is 1.93. The molecular formula is C5H9N3O. The minimum atomic E-state index is -0.415. The summed E-state index contributed by atoms with van der Waals surface area (Å²) in [6, 6.07) is 0. The fourth-order valence-electron chi connectivity index (χ4n) is 0.720. The maximum Gasteiger partial charge on any atom is 0.264 e. The van der Waals surface area contributed by atoms with Crippen molar-refractivity contribution in [1.29, 1.82) is 0 Å². The lowest BCUT2D eigenvalue weighted by Crippen LogP contribution is -2.30. The van der Waals surface area contributed by atoms with Gasteiger partial charge in [0.2, 0.25) is 0 Å². The number of nitrogens with zero attached hydrogens (tertiary/aromatic N) is 1. The third-order valence-electron chi connectivity index (χ3n) is 1.20. The summed E-state index contributed by atoms with van der Waals surface area (Å²) in [6.45, 7) is 0.844. The van der Waals surface area contributed by atoms with Crippen molar-refractivity contribution >= 4 is 11.6 Å². The molecule has 0 unspecified atom stereocenters. The molecule has 0 aromatic heterocycles. The monoisotopic (exact) mass is 127 g/mol. The zero-order chi connectivity index (χ0) is 6.69. The molecule has 0 bridgehead atoms. The number of rotatable bonds is 1. The van der Waals surface area contributed by atoms with Crippen molar-refractivity contribution in [2.75, 3.05) is 6.54 Å². The fraction of sp³-hybridized carbons (Fsp3) is 0.600. The van der Waals surface area contributed by atoms with Gasteiger partial charge in [0.05, 0.1) is 0 Å². The Hall–Kier alpha value is -1.06. The van der Waals surface area contributed by atoms with Crippen molar-refractivity contribution in [2.45, 2.75) is 12.8 Å². The van der Waals surface area contributed by atoms with Crippen LogP contribution < -0.4 is 11.2 Å². The van der Waals surface area contributed by atoms with Crippen LogP contribution in [0, 0.1) is 0 Å². The second-order valence-corrected chi connectivity index (χ2v) is 1.93. The highest BCUT2D eigenvalue weighted by Gasteiger charge is 2.09. The zero-order valence-corrected chi connectivity index (χ0v) is 5.05. The maximum atomic E-state index is 10.4. The fourth-order valence-corrected chi connectivity index (χ4v) is 0.720. The van der Waals surface area contributed by atoms with Crippen molar-refractivity contribution in [2.24, 2.45) is 10.8 Å². The number of hydrogen-bond acceptors (Lipinski definition) is 3. The Morgan fingerprint density at radius 2 is 2.56 bits per heavy atom. The van der Waals surface area contributed by atoms with Crippen LogP contribution in [0.5, 0.6) is 0 Å². The van der Waals surface area contributed by atoms with Gasteiger partial charge in [0.1, 0.15) is 5.71 Å². The van der Waals surface area contributed by atoms with E-state index in [4.69, 9.17) is 5.73 Å². The van der Waals surface area contributed by atoms with Gasteiger partial charge >= 0.3 is 0 Å². The molecule has 0 radical (unpaired) electrons. The third kappa shape index (κ3) is 1.42. The summed E-state index contributed by atoms with van der Waals surface area (Å²) in [7, 11) is 0. The number of nitrogens with two attached hydrogens (primary N) is 1. The van der Waals surface area contributed by atoms with Crippen LogP contribution >= 0.6 is 0 Å². The van der Waals surface area contributed by atoms with E-state index in [0.717, 1.165) is 13.0 Å². The number of carbonyl (C=O) groups is 1. The van der Waals surface area contributed by atoms with Crippen molar-refractivity contribution in [3.8, 4) is 0 Å². The molecule has 3 N–H and O–H groups in total. The maximum absolute atomic E-state index is 10.4. The van der Waals surface area contributed by atoms with E-state index in [1.807, 2.05) is 0 Å². The summed E-state index contributed by atoms with van der Waals surface area (Å²) in [5.74, 6) is -0.415. The number of hydrogen-bond donors (Lipinski definition) is 2. The van der Waals surface area contributed by atoms with E-state index in [1.165, 1.54) is 0 Å². The third-order valence-corrected chi connectivity index (χ3v) is 1.20. The first kappa shape index (κ1) is 6.07. The average molecular weight is 127 g/mol. The van der Waals surface area contributed by atoms with Crippen LogP contribution in [0.2, 0.25) is 0 Å². The van der Waals surface area contributed by atoms with Crippen LogP contribution in [-0.4, -0.2) is 18.2 Å². The van der Waals surface area contributed by atoms with E-state index < -0.39 is 5.91 Å². The van der Waals surface area contributed by atoms with Crippen LogP contribution in [0.25, 0.3) is 0 Å². The Kier molecular flexibility index (Phi) is 1.67. The molecule has 0 fully saturated rings. The first-order valence-electron chi connectivity index (χ1n) is 2.90. The highest BCUT2D eigenvalue weighted by atomic mass is 16.1. The number of nitrogens with one attached hydrogen (secondary N) is 1. The molecule has 4 nitrogen and oxygen atoms in total. The van der Waals surface area contributed by atoms with Crippen molar-refractivity contribution in [3.05, 3.63) is 0 Å². The largest absolute Gasteiger partial charge is 0.364 e. The molecule has 0 saturated carbocycles. The van der Waals surface area contributed by atoms with Crippen LogP contribution in [-0.2, 0) is 4.79 Å². The van der Waals surface area contributed by atoms with Crippen molar-refractivity contribution in [1.82, 2.24) is 5.43 Å². The van der Waals surface area contributed by atoms with Crippen LogP contribution in [0.1, 0.15) is 12.8 Å². The van der Waals surface area contributed by atoms with E-state index in [2.05, 4.69) is 10.5 Å². The highest BCUT2D eigenvalue weighted by molar-refractivity contribution is 6.38. The Morgan fingerprint density at radius 1 is 1.78 bits per heavy atom. The molecule has 9 heavy (non-hydrogen) atoms. The standard InChI is InChI=1S/C5H9N3O/c6-5(9)4-2-1-3-7-8-4/h7H,1-3H2,(H2,6,9). The molecule has 0 aromatic rings. The predicted molar refractivity (Wildman–Crippen MR) is 33.9 cm³/mol. The predicted octanol–water partition coefficient (Wildman–Crippen LogP) is -0.789. The molecule has 4 heteroatoms. The van der Waals surface area contributed by atoms with E-state index >= 15 is 0 Å². The van der Waals surface area contributed by atoms with Gasteiger partial charge in [0.15, 0.2) is 0 Å². The van der Waals surface area contributed by atoms with Gasteiger partial charge in [0.25, 0.3) is 5.91 Å². The average Bonchev–Trinajstić information content (AvgIpc) is 1.90. The van der Waals surface area contributed by atoms with Gasteiger partial charge < -0.3 is 11.2 Å². The molecule has 0 saturated heterocycles. The Bertz CT molecular complexity index is 152. The van der Waals surface area contributed by atoms with Gasteiger partial charge in [-0.25, -0.2) is 0 Å². The summed E-state index contributed by atoms with van der Waals surface area (Å²) in [4.78, 5) is 10.4. The first-order chi connectivity index (χ1) is 4.30. The van der Waals surface area contributed by atoms with Crippen LogP contribution in [0.4, 0.5) is 0 Å². The molecule has 0 spiro atoms. The number of amides is 1. The summed E-state index contributed by atoms with van der Waals surface area (Å²) < 4.78 is 0. The van der Waals surface area contributed by atoms with Gasteiger partial charge in [-0.05, 0) is 12.8 Å². The topological polar surface area (TPSA) is 67.5 Å². The lowest BCUT2D eigenvalue weighted by molar-refractivity contribution is -0.112. The van der Waals surface area contributed by atoms with E-state index in [-0.39, 0.29) is 0 Å². The summed E-state index contributed by atoms with van der Waals surface area (Å²) in [5.41, 5.74) is 8.12. The molecule has 0 aromatic carbocycles. The summed E-state index contributed by atoms with van der Waals surface area (Å²) in [5, 5.41) is 3.72. The van der Waals surface area contributed by atoms with Gasteiger partial charge in [-0.15, -0.1) is 0 Å². The molecule has 1 aliphatic rings. The molecule has 0 atom stereocenters. The first-order valence-corrected chi connectivity index (χ1v) is 2.90. The number of primary amides is 1. The minimum absolute atomic E-state index is 0.415. The SMILES string of the molecule is NC(=O)C1=NNCCC1. The quantitative estimate of drug-likeness (QED) is 0.484. The second kappa shape index (κ2) is 2.48. The lowest BCUT2D eigenvalue weighted by Gasteiger charge is -2.08. The van der Waals surface area contributed by atoms with E-state index in [9.17, 15) is 4.79 Å². The van der Waals surface area contributed by atoms with Gasteiger partial charge in [0, 0.05) is 6.54 Å². The molecule has 1 amide bonds. The summed E-state index contributed by atoms with van der Waals surface area (Å²) >= 11 is 0. The van der Waals surface area contributed by atoms with Crippen molar-refractivity contribution < 1.29 is 4.79 Å². The van der Waals surface area contributed by atoms with E-state index in [1.54, 1.807) is 0 Å². The van der Waals surface area contributed by atoms with E-state index in [0.29, 0.717) is 12.1 Å². The lowest BCUT2D eigenvalue weighted by atomic mass is 10.2. The Labute approximate surface area is 53.1 Å². The highest BCUT2D eigenvalue weighted by Crippen LogP contribution is 1.95. The molecule has 1 aliphatic heterocycles. The van der Waals surface area contributed by atoms with Crippen molar-refractivity contribution in [3.63, 3.8) is 0 Å². The van der Waals surface area contributed by atoms with Gasteiger partial charge in [-0.2, -0.15) is 5.10 Å². The normalized spacial score (nSPS) is 18.0. The molecule has 50 valence electrons. The smallest absolute Gasteiger partial charge is 0.264 e. The Morgan fingerprint density at radius 3 is 2.89 bits per heavy atom. The zero-order valence-electron chi connectivity index (χ0n) is 5.05. The molecule has 1 rings (SSSR count).